The Balaban J connectivity index is 2.01. The maximum absolute atomic E-state index is 13.5. The van der Waals surface area contributed by atoms with Crippen LogP contribution < -0.4 is 10.3 Å². The van der Waals surface area contributed by atoms with Crippen LogP contribution in [0.25, 0.3) is 10.9 Å². The lowest BCUT2D eigenvalue weighted by molar-refractivity contribution is -0.130. The minimum absolute atomic E-state index is 0.0248. The van der Waals surface area contributed by atoms with Crippen LogP contribution in [0.5, 0.6) is 5.75 Å². The van der Waals surface area contributed by atoms with Gasteiger partial charge >= 0.3 is 0 Å². The fourth-order valence-corrected chi connectivity index (χ4v) is 4.20. The molecule has 5 nitrogen and oxygen atoms in total. The quantitative estimate of drug-likeness (QED) is 0.687. The number of fused-ring (bicyclic) bond motifs is 1. The van der Waals surface area contributed by atoms with Gasteiger partial charge in [0.25, 0.3) is 5.56 Å². The predicted molar refractivity (Wildman–Crippen MR) is 118 cm³/mol. The number of methoxy groups -OCH3 is 1. The third-order valence-corrected chi connectivity index (χ3v) is 6.14. The number of carbonyl (C=O) groups is 1. The summed E-state index contributed by atoms with van der Waals surface area (Å²) in [6, 6.07) is 7.81. The number of amides is 1. The molecule has 0 atom stereocenters. The van der Waals surface area contributed by atoms with Crippen LogP contribution in [0.15, 0.2) is 29.1 Å². The second-order valence-electron chi connectivity index (χ2n) is 8.75. The van der Waals surface area contributed by atoms with Gasteiger partial charge in [0, 0.05) is 25.2 Å². The summed E-state index contributed by atoms with van der Waals surface area (Å²) in [7, 11) is 3.44. The van der Waals surface area contributed by atoms with Gasteiger partial charge in [0.2, 0.25) is 5.91 Å². The first-order chi connectivity index (χ1) is 13.9. The Morgan fingerprint density at radius 2 is 1.93 bits per heavy atom. The first-order valence-corrected chi connectivity index (χ1v) is 10.9. The molecular formula is C24H34N2O3. The van der Waals surface area contributed by atoms with E-state index in [9.17, 15) is 9.59 Å². The number of carbonyl (C=O) groups excluding carboxylic acids is 1. The van der Waals surface area contributed by atoms with Crippen LogP contribution in [0.4, 0.5) is 0 Å². The molecule has 1 aromatic heterocycles. The van der Waals surface area contributed by atoms with E-state index >= 15 is 0 Å². The minimum atomic E-state index is -0.0299. The Morgan fingerprint density at radius 1 is 1.21 bits per heavy atom. The van der Waals surface area contributed by atoms with Crippen molar-refractivity contribution in [3.63, 3.8) is 0 Å². The molecule has 5 heteroatoms. The highest BCUT2D eigenvalue weighted by atomic mass is 16.5. The summed E-state index contributed by atoms with van der Waals surface area (Å²) in [4.78, 5) is 28.1. The van der Waals surface area contributed by atoms with Crippen LogP contribution >= 0.6 is 0 Å². The summed E-state index contributed by atoms with van der Waals surface area (Å²) < 4.78 is 7.03. The number of nitrogens with zero attached hydrogens (tertiary/aromatic N) is 2. The molecule has 1 aliphatic carbocycles. The lowest BCUT2D eigenvalue weighted by Crippen LogP contribution is -2.36. The zero-order valence-electron chi connectivity index (χ0n) is 18.2. The topological polar surface area (TPSA) is 51.5 Å². The third-order valence-electron chi connectivity index (χ3n) is 6.14. The predicted octanol–water partition coefficient (Wildman–Crippen LogP) is 4.56. The van der Waals surface area contributed by atoms with Gasteiger partial charge in [-0.15, -0.1) is 0 Å². The zero-order chi connectivity index (χ0) is 21.0. The molecule has 29 heavy (non-hydrogen) atoms. The molecule has 0 radical (unpaired) electrons. The fraction of sp³-hybridized carbons (Fsp3) is 0.583. The number of ether oxygens (including phenoxy) is 1. The van der Waals surface area contributed by atoms with Crippen molar-refractivity contribution in [1.29, 1.82) is 0 Å². The van der Waals surface area contributed by atoms with E-state index in [1.165, 1.54) is 19.3 Å². The van der Waals surface area contributed by atoms with Crippen molar-refractivity contribution >= 4 is 16.8 Å². The number of aromatic nitrogens is 1. The number of rotatable bonds is 7. The summed E-state index contributed by atoms with van der Waals surface area (Å²) in [6.45, 7) is 5.07. The number of benzene rings is 1. The average Bonchev–Trinajstić information content (AvgIpc) is 2.73. The van der Waals surface area contributed by atoms with Crippen molar-refractivity contribution in [2.45, 2.75) is 64.8 Å². The van der Waals surface area contributed by atoms with E-state index in [4.69, 9.17) is 4.74 Å². The summed E-state index contributed by atoms with van der Waals surface area (Å²) in [6.07, 6.45) is 6.64. The van der Waals surface area contributed by atoms with E-state index < -0.39 is 0 Å². The van der Waals surface area contributed by atoms with Gasteiger partial charge in [0.05, 0.1) is 12.6 Å². The Hall–Kier alpha value is -2.30. The molecule has 3 rings (SSSR count). The van der Waals surface area contributed by atoms with Gasteiger partial charge in [-0.05, 0) is 54.7 Å². The molecular weight excluding hydrogens is 364 g/mol. The van der Waals surface area contributed by atoms with E-state index in [1.807, 2.05) is 31.3 Å². The van der Waals surface area contributed by atoms with Crippen molar-refractivity contribution in [1.82, 2.24) is 9.47 Å². The van der Waals surface area contributed by atoms with Gasteiger partial charge in [0.15, 0.2) is 0 Å². The highest BCUT2D eigenvalue weighted by Crippen LogP contribution is 2.32. The Morgan fingerprint density at radius 3 is 2.59 bits per heavy atom. The fourth-order valence-electron chi connectivity index (χ4n) is 4.20. The SMILES string of the molecule is COc1ccc2cc(C3CCCCC3)c(=O)n(CC(=O)N(C)CCC(C)C)c2c1. The lowest BCUT2D eigenvalue weighted by atomic mass is 9.84. The molecule has 0 spiro atoms. The number of hydrogen-bond donors (Lipinski definition) is 0. The Kier molecular flexibility index (Phi) is 6.99. The van der Waals surface area contributed by atoms with E-state index in [0.29, 0.717) is 24.1 Å². The maximum atomic E-state index is 13.5. The van der Waals surface area contributed by atoms with Gasteiger partial charge < -0.3 is 9.64 Å². The molecule has 0 saturated heterocycles. The smallest absolute Gasteiger partial charge is 0.255 e. The van der Waals surface area contributed by atoms with Crippen molar-refractivity contribution in [2.24, 2.45) is 5.92 Å². The highest BCUT2D eigenvalue weighted by molar-refractivity contribution is 5.84. The summed E-state index contributed by atoms with van der Waals surface area (Å²) in [5.41, 5.74) is 1.60. The van der Waals surface area contributed by atoms with E-state index in [0.717, 1.165) is 35.7 Å². The number of likely N-dealkylation sites (N-methyl/N-ethyl adjacent to an activating group) is 1. The van der Waals surface area contributed by atoms with Crippen molar-refractivity contribution in [3.8, 4) is 5.75 Å². The van der Waals surface area contributed by atoms with Crippen molar-refractivity contribution in [2.75, 3.05) is 20.7 Å². The van der Waals surface area contributed by atoms with Crippen molar-refractivity contribution < 1.29 is 9.53 Å². The van der Waals surface area contributed by atoms with Crippen molar-refractivity contribution in [3.05, 3.63) is 40.2 Å². The second kappa shape index (κ2) is 9.47. The van der Waals surface area contributed by atoms with E-state index in [2.05, 4.69) is 13.8 Å². The van der Waals surface area contributed by atoms with Gasteiger partial charge in [-0.2, -0.15) is 0 Å². The Labute approximate surface area is 173 Å². The van der Waals surface area contributed by atoms with Crippen LogP contribution in [0.3, 0.4) is 0 Å². The van der Waals surface area contributed by atoms with Gasteiger partial charge in [-0.3, -0.25) is 14.2 Å². The highest BCUT2D eigenvalue weighted by Gasteiger charge is 2.22. The Bertz CT molecular complexity index is 910. The number of pyridine rings is 1. The molecule has 1 heterocycles. The summed E-state index contributed by atoms with van der Waals surface area (Å²) >= 11 is 0. The first kappa shape index (κ1) is 21.4. The van der Waals surface area contributed by atoms with Gasteiger partial charge in [-0.25, -0.2) is 0 Å². The molecule has 0 aliphatic heterocycles. The van der Waals surface area contributed by atoms with Gasteiger partial charge in [-0.1, -0.05) is 33.1 Å². The second-order valence-corrected chi connectivity index (χ2v) is 8.75. The summed E-state index contributed by atoms with van der Waals surface area (Å²) in [5, 5.41) is 0.989. The minimum Gasteiger partial charge on any atom is -0.497 e. The standard InChI is InChI=1S/C24H34N2O3/c1-17(2)12-13-25(3)23(27)16-26-22-15-20(29-4)11-10-19(22)14-21(24(26)28)18-8-6-5-7-9-18/h10-11,14-15,17-18H,5-9,12-13,16H2,1-4H3. The molecule has 1 saturated carbocycles. The van der Waals surface area contributed by atoms with E-state index in [1.54, 1.807) is 16.6 Å². The molecule has 1 aliphatic rings. The lowest BCUT2D eigenvalue weighted by Gasteiger charge is -2.24. The van der Waals surface area contributed by atoms with Gasteiger partial charge in [0.1, 0.15) is 12.3 Å². The normalized spacial score (nSPS) is 15.1. The maximum Gasteiger partial charge on any atom is 0.255 e. The monoisotopic (exact) mass is 398 g/mol. The van der Waals surface area contributed by atoms with E-state index in [-0.39, 0.29) is 18.0 Å². The molecule has 0 bridgehead atoms. The average molecular weight is 399 g/mol. The molecule has 1 fully saturated rings. The van der Waals surface area contributed by atoms with Crippen LogP contribution in [0, 0.1) is 5.92 Å². The van der Waals surface area contributed by atoms with Crippen LogP contribution in [-0.4, -0.2) is 36.1 Å². The van der Waals surface area contributed by atoms with Crippen LogP contribution in [-0.2, 0) is 11.3 Å². The molecule has 0 unspecified atom stereocenters. The third kappa shape index (κ3) is 5.01. The molecule has 1 amide bonds. The molecule has 0 N–H and O–H groups in total. The first-order valence-electron chi connectivity index (χ1n) is 10.9. The molecule has 158 valence electrons. The largest absolute Gasteiger partial charge is 0.497 e. The number of hydrogen-bond acceptors (Lipinski definition) is 3. The zero-order valence-corrected chi connectivity index (χ0v) is 18.2. The van der Waals surface area contributed by atoms with Crippen LogP contribution in [0.2, 0.25) is 0 Å². The summed E-state index contributed by atoms with van der Waals surface area (Å²) in [5.74, 6) is 1.49. The van der Waals surface area contributed by atoms with Crippen LogP contribution in [0.1, 0.15) is 63.9 Å². The molecule has 1 aromatic carbocycles. The molecule has 2 aromatic rings.